The van der Waals surface area contributed by atoms with E-state index in [0.29, 0.717) is 21.2 Å². The van der Waals surface area contributed by atoms with Crippen molar-refractivity contribution >= 4 is 39.1 Å². The van der Waals surface area contributed by atoms with Crippen LogP contribution in [0.3, 0.4) is 0 Å². The van der Waals surface area contributed by atoms with Gasteiger partial charge in [0, 0.05) is 5.41 Å². The number of H-pyrrole nitrogens is 1. The molecule has 1 amide bonds. The molecule has 0 radical (unpaired) electrons. The summed E-state index contributed by atoms with van der Waals surface area (Å²) in [5.41, 5.74) is 1.68. The van der Waals surface area contributed by atoms with Crippen molar-refractivity contribution < 1.29 is 9.59 Å². The van der Waals surface area contributed by atoms with E-state index in [9.17, 15) is 14.9 Å². The summed E-state index contributed by atoms with van der Waals surface area (Å²) in [6.07, 6.45) is 0. The van der Waals surface area contributed by atoms with Gasteiger partial charge in [-0.05, 0) is 30.7 Å². The maximum atomic E-state index is 13.0. The molecule has 0 fully saturated rings. The Labute approximate surface area is 161 Å². The minimum absolute atomic E-state index is 0.128. The van der Waals surface area contributed by atoms with Gasteiger partial charge < -0.3 is 10.3 Å². The van der Waals surface area contributed by atoms with E-state index < -0.39 is 11.3 Å². The van der Waals surface area contributed by atoms with Crippen molar-refractivity contribution in [2.75, 3.05) is 5.32 Å². The van der Waals surface area contributed by atoms with Gasteiger partial charge in [0.1, 0.15) is 5.82 Å². The second-order valence-corrected chi connectivity index (χ2v) is 8.44. The Kier molecular flexibility index (Phi) is 4.85. The van der Waals surface area contributed by atoms with Crippen LogP contribution in [0.1, 0.15) is 47.7 Å². The van der Waals surface area contributed by atoms with Crippen LogP contribution >= 0.6 is 11.3 Å². The summed E-state index contributed by atoms with van der Waals surface area (Å²) >= 11 is 1.18. The van der Waals surface area contributed by atoms with Gasteiger partial charge in [-0.2, -0.15) is 5.26 Å². The van der Waals surface area contributed by atoms with Gasteiger partial charge in [0.05, 0.1) is 27.0 Å². The molecule has 0 bridgehead atoms. The van der Waals surface area contributed by atoms with Crippen LogP contribution in [0.2, 0.25) is 0 Å². The third-order valence-corrected chi connectivity index (χ3v) is 5.30. The maximum Gasteiger partial charge on any atom is 0.230 e. The molecule has 3 rings (SSSR count). The molecule has 1 atom stereocenters. The number of amides is 1. The van der Waals surface area contributed by atoms with Gasteiger partial charge in [-0.1, -0.05) is 32.9 Å². The Morgan fingerprint density at radius 2 is 2.00 bits per heavy atom. The zero-order valence-corrected chi connectivity index (χ0v) is 16.4. The summed E-state index contributed by atoms with van der Waals surface area (Å²) in [6.45, 7) is 7.26. The molecule has 0 spiro atoms. The first-order valence-electron chi connectivity index (χ1n) is 8.51. The molecule has 2 N–H and O–H groups in total. The lowest BCUT2D eigenvalue weighted by molar-refractivity contribution is -0.123. The number of fused-ring (bicyclic) bond motifs is 1. The molecule has 7 heteroatoms. The minimum Gasteiger partial charge on any atom is -0.340 e. The average molecular weight is 380 g/mol. The molecule has 0 saturated heterocycles. The molecule has 2 heterocycles. The van der Waals surface area contributed by atoms with Crippen molar-refractivity contribution in [2.24, 2.45) is 5.41 Å². The van der Waals surface area contributed by atoms with Gasteiger partial charge in [-0.15, -0.1) is 11.3 Å². The number of carbonyl (C=O) groups excluding carboxylic acids is 2. The molecule has 1 aromatic carbocycles. The first-order chi connectivity index (χ1) is 12.7. The number of imidazole rings is 1. The zero-order valence-electron chi connectivity index (χ0n) is 15.6. The monoisotopic (exact) mass is 380 g/mol. The number of Topliss-reactive ketones (excluding diaryl/α,β-unsaturated/α-hetero) is 1. The van der Waals surface area contributed by atoms with E-state index in [2.05, 4.69) is 21.4 Å². The van der Waals surface area contributed by atoms with E-state index in [1.807, 2.05) is 45.0 Å². The quantitative estimate of drug-likeness (QED) is 0.655. The number of nitriles is 1. The third kappa shape index (κ3) is 3.76. The molecule has 3 aromatic rings. The lowest BCUT2D eigenvalue weighted by atomic mass is 9.96. The molecule has 27 heavy (non-hydrogen) atoms. The van der Waals surface area contributed by atoms with Crippen molar-refractivity contribution in [3.63, 3.8) is 0 Å². The first-order valence-corrected chi connectivity index (χ1v) is 9.32. The molecule has 0 aliphatic rings. The maximum absolute atomic E-state index is 13.0. The molecular formula is C20H20N4O2S. The van der Waals surface area contributed by atoms with Crippen LogP contribution in [0.4, 0.5) is 5.00 Å². The zero-order chi connectivity index (χ0) is 19.8. The predicted molar refractivity (Wildman–Crippen MR) is 106 cm³/mol. The number of aryl methyl sites for hydroxylation is 1. The Morgan fingerprint density at radius 1 is 1.30 bits per heavy atom. The van der Waals surface area contributed by atoms with Crippen LogP contribution in [0.25, 0.3) is 11.0 Å². The Balaban J connectivity index is 1.90. The SMILES string of the molecule is Cc1cc(NC(=O)C(C)(C)C)sc1C(=O)C(C#N)c1nc2ccccc2[nH]1. The summed E-state index contributed by atoms with van der Waals surface area (Å²) in [6, 6.07) is 11.2. The fraction of sp³-hybridized carbons (Fsp3) is 0.300. The number of nitrogens with one attached hydrogen (secondary N) is 2. The second kappa shape index (κ2) is 6.97. The highest BCUT2D eigenvalue weighted by Crippen LogP contribution is 2.32. The predicted octanol–water partition coefficient (Wildman–Crippen LogP) is 4.41. The molecule has 0 saturated carbocycles. The van der Waals surface area contributed by atoms with Crippen molar-refractivity contribution in [2.45, 2.75) is 33.6 Å². The molecule has 0 aliphatic heterocycles. The van der Waals surface area contributed by atoms with Crippen molar-refractivity contribution in [3.8, 4) is 6.07 Å². The highest BCUT2D eigenvalue weighted by molar-refractivity contribution is 7.18. The van der Waals surface area contributed by atoms with Gasteiger partial charge in [0.2, 0.25) is 5.91 Å². The number of anilines is 1. The molecule has 2 aromatic heterocycles. The highest BCUT2D eigenvalue weighted by Gasteiger charge is 2.29. The van der Waals surface area contributed by atoms with Crippen LogP contribution in [0.5, 0.6) is 0 Å². The van der Waals surface area contributed by atoms with E-state index in [-0.39, 0.29) is 11.7 Å². The smallest absolute Gasteiger partial charge is 0.230 e. The number of para-hydroxylation sites is 2. The van der Waals surface area contributed by atoms with E-state index >= 15 is 0 Å². The normalized spacial score (nSPS) is 12.6. The topological polar surface area (TPSA) is 98.6 Å². The summed E-state index contributed by atoms with van der Waals surface area (Å²) in [5, 5.41) is 13.0. The molecular weight excluding hydrogens is 360 g/mol. The van der Waals surface area contributed by atoms with Gasteiger partial charge in [0.25, 0.3) is 0 Å². The molecule has 6 nitrogen and oxygen atoms in total. The van der Waals surface area contributed by atoms with Gasteiger partial charge in [-0.25, -0.2) is 4.98 Å². The molecule has 138 valence electrons. The van der Waals surface area contributed by atoms with Crippen molar-refractivity contribution in [1.29, 1.82) is 5.26 Å². The Bertz CT molecular complexity index is 1030. The van der Waals surface area contributed by atoms with E-state index in [1.54, 1.807) is 13.0 Å². The van der Waals surface area contributed by atoms with Crippen molar-refractivity contribution in [3.05, 3.63) is 46.6 Å². The van der Waals surface area contributed by atoms with E-state index in [1.165, 1.54) is 11.3 Å². The highest BCUT2D eigenvalue weighted by atomic mass is 32.1. The fourth-order valence-electron chi connectivity index (χ4n) is 2.57. The number of ketones is 1. The van der Waals surface area contributed by atoms with Crippen LogP contribution in [-0.4, -0.2) is 21.7 Å². The largest absolute Gasteiger partial charge is 0.340 e. The van der Waals surface area contributed by atoms with E-state index in [4.69, 9.17) is 0 Å². The van der Waals surface area contributed by atoms with Crippen LogP contribution in [0.15, 0.2) is 30.3 Å². The number of benzene rings is 1. The number of rotatable bonds is 4. The standard InChI is InChI=1S/C20H20N4O2S/c1-11-9-15(24-19(26)20(2,3)4)27-17(11)16(25)12(10-21)18-22-13-7-5-6-8-14(13)23-18/h5-9,12H,1-4H3,(H,22,23)(H,24,26). The molecule has 0 aliphatic carbocycles. The minimum atomic E-state index is -1.03. The van der Waals surface area contributed by atoms with Crippen LogP contribution in [0, 0.1) is 23.7 Å². The Hall–Kier alpha value is -2.98. The summed E-state index contributed by atoms with van der Waals surface area (Å²) in [4.78, 5) is 33.1. The number of thiophene rings is 1. The number of aromatic nitrogens is 2. The van der Waals surface area contributed by atoms with Gasteiger partial charge in [0.15, 0.2) is 11.7 Å². The Morgan fingerprint density at radius 3 is 2.63 bits per heavy atom. The van der Waals surface area contributed by atoms with E-state index in [0.717, 1.165) is 11.1 Å². The number of hydrogen-bond acceptors (Lipinski definition) is 5. The third-order valence-electron chi connectivity index (χ3n) is 4.13. The molecule has 1 unspecified atom stereocenters. The summed E-state index contributed by atoms with van der Waals surface area (Å²) in [7, 11) is 0. The number of aromatic amines is 1. The first kappa shape index (κ1) is 18.8. The average Bonchev–Trinajstić information content (AvgIpc) is 3.17. The summed E-state index contributed by atoms with van der Waals surface area (Å²) < 4.78 is 0. The lowest BCUT2D eigenvalue weighted by Gasteiger charge is -2.16. The van der Waals surface area contributed by atoms with Gasteiger partial charge >= 0.3 is 0 Å². The fourth-order valence-corrected chi connectivity index (χ4v) is 3.61. The van der Waals surface area contributed by atoms with Crippen LogP contribution < -0.4 is 5.32 Å². The van der Waals surface area contributed by atoms with Crippen LogP contribution in [-0.2, 0) is 4.79 Å². The second-order valence-electron chi connectivity index (χ2n) is 7.39. The van der Waals surface area contributed by atoms with Gasteiger partial charge in [-0.3, -0.25) is 9.59 Å². The lowest BCUT2D eigenvalue weighted by Crippen LogP contribution is -2.27. The number of hydrogen-bond donors (Lipinski definition) is 2. The number of nitrogens with zero attached hydrogens (tertiary/aromatic N) is 2. The van der Waals surface area contributed by atoms with Crippen molar-refractivity contribution in [1.82, 2.24) is 9.97 Å². The summed E-state index contributed by atoms with van der Waals surface area (Å²) in [5.74, 6) is -1.15. The number of carbonyl (C=O) groups is 2.